The first-order chi connectivity index (χ1) is 14.2. The Morgan fingerprint density at radius 2 is 1.53 bits per heavy atom. The van der Waals surface area contributed by atoms with Crippen LogP contribution in [-0.2, 0) is 10.0 Å². The van der Waals surface area contributed by atoms with E-state index in [-0.39, 0.29) is 10.6 Å². The maximum atomic E-state index is 13.2. The van der Waals surface area contributed by atoms with Crippen LogP contribution in [0.3, 0.4) is 0 Å². The smallest absolute Gasteiger partial charge is 0.265 e. The van der Waals surface area contributed by atoms with Crippen LogP contribution in [0.5, 0.6) is 17.2 Å². The number of hydrogen-bond donors (Lipinski definition) is 1. The van der Waals surface area contributed by atoms with Crippen LogP contribution in [0.4, 0.5) is 5.69 Å². The van der Waals surface area contributed by atoms with E-state index >= 15 is 0 Å². The Bertz CT molecular complexity index is 1150. The number of halogens is 1. The van der Waals surface area contributed by atoms with Gasteiger partial charge in [-0.15, -0.1) is 0 Å². The molecule has 0 saturated heterocycles. The van der Waals surface area contributed by atoms with Gasteiger partial charge in [0.05, 0.1) is 44.1 Å². The van der Waals surface area contributed by atoms with E-state index < -0.39 is 10.0 Å². The van der Waals surface area contributed by atoms with Crippen molar-refractivity contribution in [3.63, 3.8) is 0 Å². The molecule has 2 aromatic carbocycles. The van der Waals surface area contributed by atoms with Gasteiger partial charge in [-0.1, -0.05) is 11.6 Å². The molecule has 0 amide bonds. The molecular formula is C20H22ClN3O5S. The first-order valence-electron chi connectivity index (χ1n) is 8.86. The number of anilines is 1. The van der Waals surface area contributed by atoms with Crippen LogP contribution in [0.1, 0.15) is 11.4 Å². The Balaban J connectivity index is 2.04. The number of sulfonamides is 1. The predicted octanol–water partition coefficient (Wildman–Crippen LogP) is 3.97. The summed E-state index contributed by atoms with van der Waals surface area (Å²) in [5.74, 6) is 1.03. The highest BCUT2D eigenvalue weighted by atomic mass is 35.5. The summed E-state index contributed by atoms with van der Waals surface area (Å²) in [5.41, 5.74) is 1.80. The van der Waals surface area contributed by atoms with Crippen LogP contribution in [-0.4, -0.2) is 39.5 Å². The Hall–Kier alpha value is -2.91. The van der Waals surface area contributed by atoms with Crippen LogP contribution in [0, 0.1) is 13.8 Å². The van der Waals surface area contributed by atoms with Gasteiger partial charge in [-0.05, 0) is 38.1 Å². The molecule has 0 saturated carbocycles. The standard InChI is InChI=1S/C20H22ClN3O5S/c1-12-20(13(2)24(22-12)16-8-6-14(21)7-9-16)30(25,26)23-15-10-17(27-3)19(29-5)18(11-15)28-4/h6-11,23H,1-5H3. The van der Waals surface area contributed by atoms with Gasteiger partial charge in [0.25, 0.3) is 10.0 Å². The van der Waals surface area contributed by atoms with Crippen LogP contribution in [0.2, 0.25) is 5.02 Å². The largest absolute Gasteiger partial charge is 0.493 e. The van der Waals surface area contributed by atoms with Crippen molar-refractivity contribution in [3.8, 4) is 22.9 Å². The van der Waals surface area contributed by atoms with Gasteiger partial charge in [-0.3, -0.25) is 4.72 Å². The highest BCUT2D eigenvalue weighted by Crippen LogP contribution is 2.40. The van der Waals surface area contributed by atoms with Crippen LogP contribution in [0.25, 0.3) is 5.69 Å². The van der Waals surface area contributed by atoms with E-state index in [1.165, 1.54) is 33.5 Å². The second-order valence-corrected chi connectivity index (χ2v) is 8.46. The molecule has 0 aliphatic carbocycles. The normalized spacial score (nSPS) is 11.3. The van der Waals surface area contributed by atoms with Crippen molar-refractivity contribution in [2.45, 2.75) is 18.7 Å². The molecule has 0 aliphatic heterocycles. The number of ether oxygens (including phenoxy) is 3. The van der Waals surface area contributed by atoms with Crippen molar-refractivity contribution in [2.75, 3.05) is 26.1 Å². The molecular weight excluding hydrogens is 430 g/mol. The monoisotopic (exact) mass is 451 g/mol. The van der Waals surface area contributed by atoms with Crippen molar-refractivity contribution < 1.29 is 22.6 Å². The number of hydrogen-bond acceptors (Lipinski definition) is 6. The fourth-order valence-corrected chi connectivity index (χ4v) is 4.76. The SMILES string of the molecule is COc1cc(NS(=O)(=O)c2c(C)nn(-c3ccc(Cl)cc3)c2C)cc(OC)c1OC. The average Bonchev–Trinajstić information content (AvgIpc) is 3.02. The molecule has 10 heteroatoms. The molecule has 1 heterocycles. The zero-order valence-electron chi connectivity index (χ0n) is 17.2. The number of nitrogens with one attached hydrogen (secondary N) is 1. The molecule has 1 N–H and O–H groups in total. The van der Waals surface area contributed by atoms with E-state index in [2.05, 4.69) is 9.82 Å². The fraction of sp³-hybridized carbons (Fsp3) is 0.250. The van der Waals surface area contributed by atoms with Crippen molar-refractivity contribution in [3.05, 3.63) is 52.8 Å². The lowest BCUT2D eigenvalue weighted by Gasteiger charge is -2.15. The molecule has 3 rings (SSSR count). The summed E-state index contributed by atoms with van der Waals surface area (Å²) in [6.07, 6.45) is 0. The first-order valence-corrected chi connectivity index (χ1v) is 10.7. The van der Waals surface area contributed by atoms with E-state index in [0.717, 1.165) is 0 Å². The third-order valence-electron chi connectivity index (χ3n) is 4.48. The van der Waals surface area contributed by atoms with E-state index in [1.54, 1.807) is 42.8 Å². The van der Waals surface area contributed by atoms with Crippen LogP contribution < -0.4 is 18.9 Å². The third kappa shape index (κ3) is 4.03. The molecule has 0 aliphatic rings. The van der Waals surface area contributed by atoms with Crippen molar-refractivity contribution in [2.24, 2.45) is 0 Å². The molecule has 3 aromatic rings. The number of aromatic nitrogens is 2. The zero-order chi connectivity index (χ0) is 22.1. The van der Waals surface area contributed by atoms with Crippen molar-refractivity contribution >= 4 is 27.3 Å². The highest BCUT2D eigenvalue weighted by Gasteiger charge is 2.26. The van der Waals surface area contributed by atoms with Gasteiger partial charge in [0.1, 0.15) is 4.90 Å². The van der Waals surface area contributed by atoms with Gasteiger partial charge in [-0.25, -0.2) is 13.1 Å². The number of aryl methyl sites for hydroxylation is 1. The Kier molecular flexibility index (Phi) is 6.14. The van der Waals surface area contributed by atoms with E-state index in [9.17, 15) is 8.42 Å². The topological polar surface area (TPSA) is 91.7 Å². The predicted molar refractivity (Wildman–Crippen MR) is 115 cm³/mol. The lowest BCUT2D eigenvalue weighted by Crippen LogP contribution is -2.15. The fourth-order valence-electron chi connectivity index (χ4n) is 3.20. The number of rotatable bonds is 7. The van der Waals surface area contributed by atoms with Crippen molar-refractivity contribution in [1.29, 1.82) is 0 Å². The Morgan fingerprint density at radius 3 is 2.03 bits per heavy atom. The first kappa shape index (κ1) is 21.8. The van der Waals surface area contributed by atoms with Gasteiger partial charge in [0, 0.05) is 17.2 Å². The summed E-state index contributed by atoms with van der Waals surface area (Å²) >= 11 is 5.94. The molecule has 0 atom stereocenters. The quantitative estimate of drug-likeness (QED) is 0.584. The zero-order valence-corrected chi connectivity index (χ0v) is 18.8. The summed E-state index contributed by atoms with van der Waals surface area (Å²) in [6, 6.07) is 10.0. The van der Waals surface area contributed by atoms with Gasteiger partial charge < -0.3 is 14.2 Å². The van der Waals surface area contributed by atoms with Crippen molar-refractivity contribution in [1.82, 2.24) is 9.78 Å². The molecule has 0 spiro atoms. The Morgan fingerprint density at radius 1 is 0.967 bits per heavy atom. The summed E-state index contributed by atoms with van der Waals surface area (Å²) < 4.78 is 46.4. The Labute approximate surface area is 180 Å². The lowest BCUT2D eigenvalue weighted by atomic mass is 10.2. The third-order valence-corrected chi connectivity index (χ3v) is 6.37. The second-order valence-electron chi connectivity index (χ2n) is 6.41. The molecule has 160 valence electrons. The molecule has 8 nitrogen and oxygen atoms in total. The molecule has 30 heavy (non-hydrogen) atoms. The number of nitrogens with zero attached hydrogens (tertiary/aromatic N) is 2. The summed E-state index contributed by atoms with van der Waals surface area (Å²) in [7, 11) is 0.440. The molecule has 0 radical (unpaired) electrons. The summed E-state index contributed by atoms with van der Waals surface area (Å²) in [4.78, 5) is 0.0891. The highest BCUT2D eigenvalue weighted by molar-refractivity contribution is 7.92. The van der Waals surface area contributed by atoms with E-state index in [4.69, 9.17) is 25.8 Å². The maximum absolute atomic E-state index is 13.2. The number of methoxy groups -OCH3 is 3. The van der Waals surface area contributed by atoms with Crippen LogP contribution >= 0.6 is 11.6 Å². The average molecular weight is 452 g/mol. The van der Waals surface area contributed by atoms with Gasteiger partial charge in [-0.2, -0.15) is 5.10 Å². The van der Waals surface area contributed by atoms with Gasteiger partial charge in [0.2, 0.25) is 5.75 Å². The molecule has 1 aromatic heterocycles. The molecule has 0 bridgehead atoms. The summed E-state index contributed by atoms with van der Waals surface area (Å²) in [6.45, 7) is 3.33. The maximum Gasteiger partial charge on any atom is 0.265 e. The second kappa shape index (κ2) is 8.45. The minimum Gasteiger partial charge on any atom is -0.493 e. The van der Waals surface area contributed by atoms with Gasteiger partial charge in [0.15, 0.2) is 11.5 Å². The number of benzene rings is 2. The van der Waals surface area contributed by atoms with Crippen LogP contribution in [0.15, 0.2) is 41.3 Å². The van der Waals surface area contributed by atoms with E-state index in [0.29, 0.717) is 39.3 Å². The minimum absolute atomic E-state index is 0.0891. The van der Waals surface area contributed by atoms with E-state index in [1.807, 2.05) is 0 Å². The molecule has 0 fully saturated rings. The lowest BCUT2D eigenvalue weighted by molar-refractivity contribution is 0.325. The summed E-state index contributed by atoms with van der Waals surface area (Å²) in [5, 5.41) is 4.98. The van der Waals surface area contributed by atoms with Gasteiger partial charge >= 0.3 is 0 Å². The molecule has 0 unspecified atom stereocenters. The minimum atomic E-state index is -3.95.